The highest BCUT2D eigenvalue weighted by Gasteiger charge is 2.52. The Labute approximate surface area is 258 Å². The molecule has 1 saturated carbocycles. The van der Waals surface area contributed by atoms with E-state index in [-0.39, 0.29) is 30.2 Å². The predicted molar refractivity (Wildman–Crippen MR) is 172 cm³/mol. The number of benzene rings is 3. The maximum Gasteiger partial charge on any atom is 0.275 e. The standard InChI is InChI=1S/C34H41N7O3/c1-4-29(24-10-12-26(13-11-24)32(42)37-21-30(35)39-40-36)41-33(43)31(38-34(41)19-22(2)18-23(3)20-34)25-14-16-28(17-15-25)44-27-8-6-5-7-9-27/h5-17,22-23,29,40H,4,18-21,36H2,1-3H3,(H2,35,39)(H,37,42)/t22?,23?,29-,34?/m1/s1. The summed E-state index contributed by atoms with van der Waals surface area (Å²) in [4.78, 5) is 34.4. The summed E-state index contributed by atoms with van der Waals surface area (Å²) in [6.07, 6.45) is 3.42. The summed E-state index contributed by atoms with van der Waals surface area (Å²) < 4.78 is 5.98. The molecule has 5 rings (SSSR count). The molecule has 0 saturated heterocycles. The summed E-state index contributed by atoms with van der Waals surface area (Å²) in [6, 6.07) is 24.4. The van der Waals surface area contributed by atoms with E-state index in [0.29, 0.717) is 35.3 Å². The zero-order valence-corrected chi connectivity index (χ0v) is 25.5. The third kappa shape index (κ3) is 6.60. The van der Waals surface area contributed by atoms with Crippen LogP contribution in [0.4, 0.5) is 0 Å². The first-order chi connectivity index (χ1) is 21.2. The zero-order chi connectivity index (χ0) is 31.3. The summed E-state index contributed by atoms with van der Waals surface area (Å²) in [6.45, 7) is 6.64. The van der Waals surface area contributed by atoms with Gasteiger partial charge in [-0.3, -0.25) is 14.6 Å². The van der Waals surface area contributed by atoms with Gasteiger partial charge >= 0.3 is 0 Å². The molecule has 1 spiro atoms. The number of carbonyl (C=O) groups excluding carboxylic acids is 2. The van der Waals surface area contributed by atoms with Crippen LogP contribution in [0.25, 0.3) is 0 Å². The lowest BCUT2D eigenvalue weighted by Crippen LogP contribution is -2.52. The van der Waals surface area contributed by atoms with Gasteiger partial charge in [-0.15, -0.1) is 0 Å². The molecule has 1 fully saturated rings. The van der Waals surface area contributed by atoms with Crippen LogP contribution in [0.1, 0.15) is 74.0 Å². The van der Waals surface area contributed by atoms with Crippen molar-refractivity contribution in [2.75, 3.05) is 6.54 Å². The first-order valence-electron chi connectivity index (χ1n) is 15.2. The quantitative estimate of drug-likeness (QED) is 0.114. The van der Waals surface area contributed by atoms with E-state index in [4.69, 9.17) is 21.3 Å². The normalized spacial score (nSPS) is 22.5. The van der Waals surface area contributed by atoms with Crippen molar-refractivity contribution in [3.8, 4) is 11.5 Å². The fraction of sp³-hybridized carbons (Fsp3) is 0.353. The van der Waals surface area contributed by atoms with Crippen LogP contribution in [0.2, 0.25) is 0 Å². The van der Waals surface area contributed by atoms with Gasteiger partial charge in [-0.05, 0) is 91.6 Å². The molecule has 10 nitrogen and oxygen atoms in total. The van der Waals surface area contributed by atoms with Gasteiger partial charge in [-0.25, -0.2) is 11.4 Å². The van der Waals surface area contributed by atoms with Gasteiger partial charge in [-0.1, -0.05) is 51.1 Å². The van der Waals surface area contributed by atoms with Crippen molar-refractivity contribution in [1.29, 1.82) is 0 Å². The lowest BCUT2D eigenvalue weighted by Gasteiger charge is -2.47. The van der Waals surface area contributed by atoms with Crippen LogP contribution in [0.3, 0.4) is 0 Å². The molecule has 3 aromatic carbocycles. The van der Waals surface area contributed by atoms with Crippen LogP contribution in [0, 0.1) is 11.8 Å². The molecule has 6 N–H and O–H groups in total. The fourth-order valence-electron chi connectivity index (χ4n) is 6.70. The summed E-state index contributed by atoms with van der Waals surface area (Å²) in [7, 11) is 0. The van der Waals surface area contributed by atoms with Crippen LogP contribution < -0.4 is 27.2 Å². The number of ether oxygens (including phenoxy) is 1. The molecular formula is C34H41N7O3. The van der Waals surface area contributed by atoms with Gasteiger partial charge in [0.05, 0.1) is 12.6 Å². The number of hydrogen-bond acceptors (Lipinski definition) is 7. The SMILES string of the molecule is CC[C@H](c1ccc(C(=O)NC/C(N)=N/NN)cc1)N1C(=O)C(c2ccc(Oc3ccccc3)cc2)=NC12CC(C)CC(C)C2. The van der Waals surface area contributed by atoms with Crippen LogP contribution in [-0.4, -0.2) is 40.5 Å². The molecule has 0 aromatic heterocycles. The summed E-state index contributed by atoms with van der Waals surface area (Å²) in [5.74, 6) is 7.23. The highest BCUT2D eigenvalue weighted by molar-refractivity contribution is 6.46. The Morgan fingerprint density at radius 3 is 2.27 bits per heavy atom. The average Bonchev–Trinajstić information content (AvgIpc) is 3.27. The van der Waals surface area contributed by atoms with Crippen LogP contribution >= 0.6 is 0 Å². The van der Waals surface area contributed by atoms with Gasteiger partial charge in [0.25, 0.3) is 11.8 Å². The van der Waals surface area contributed by atoms with Gasteiger partial charge in [0.15, 0.2) is 0 Å². The van der Waals surface area contributed by atoms with Crippen molar-refractivity contribution in [1.82, 2.24) is 15.8 Å². The number of para-hydroxylation sites is 1. The minimum atomic E-state index is -0.632. The smallest absolute Gasteiger partial charge is 0.275 e. The van der Waals surface area contributed by atoms with Crippen LogP contribution in [0.15, 0.2) is 89.0 Å². The Bertz CT molecular complexity index is 1510. The molecule has 0 bridgehead atoms. The topological polar surface area (TPSA) is 147 Å². The molecule has 2 unspecified atom stereocenters. The predicted octanol–water partition coefficient (Wildman–Crippen LogP) is 4.88. The molecule has 230 valence electrons. The number of amidine groups is 1. The van der Waals surface area contributed by atoms with E-state index in [9.17, 15) is 9.59 Å². The number of hydrazone groups is 1. The average molecular weight is 596 g/mol. The summed E-state index contributed by atoms with van der Waals surface area (Å²) in [5, 5.41) is 6.37. The van der Waals surface area contributed by atoms with Crippen LogP contribution in [0.5, 0.6) is 11.5 Å². The number of aliphatic imine (C=N–C) groups is 1. The third-order valence-electron chi connectivity index (χ3n) is 8.35. The van der Waals surface area contributed by atoms with Crippen molar-refractivity contribution in [3.63, 3.8) is 0 Å². The number of nitrogens with two attached hydrogens (primary N) is 2. The molecule has 2 aliphatic rings. The highest BCUT2D eigenvalue weighted by atomic mass is 16.5. The number of hydrogen-bond donors (Lipinski definition) is 4. The van der Waals surface area contributed by atoms with Gasteiger partial charge < -0.3 is 20.7 Å². The first kappa shape index (κ1) is 30.7. The molecule has 3 atom stereocenters. The number of amides is 2. The van der Waals surface area contributed by atoms with E-state index in [1.807, 2.05) is 71.6 Å². The molecule has 1 aliphatic carbocycles. The maximum absolute atomic E-state index is 14.4. The molecule has 1 aliphatic heterocycles. The summed E-state index contributed by atoms with van der Waals surface area (Å²) >= 11 is 0. The van der Waals surface area contributed by atoms with Crippen molar-refractivity contribution >= 4 is 23.4 Å². The second-order valence-electron chi connectivity index (χ2n) is 11.9. The number of rotatable bonds is 10. The largest absolute Gasteiger partial charge is 0.457 e. The maximum atomic E-state index is 14.4. The number of hydrazine groups is 1. The lowest BCUT2D eigenvalue weighted by atomic mass is 9.75. The highest BCUT2D eigenvalue weighted by Crippen LogP contribution is 2.48. The third-order valence-corrected chi connectivity index (χ3v) is 8.35. The van der Waals surface area contributed by atoms with Crippen LogP contribution in [-0.2, 0) is 4.79 Å². The van der Waals surface area contributed by atoms with Gasteiger partial charge in [0.1, 0.15) is 28.7 Å². The van der Waals surface area contributed by atoms with Crippen molar-refractivity contribution in [2.45, 2.75) is 58.2 Å². The summed E-state index contributed by atoms with van der Waals surface area (Å²) in [5.41, 5.74) is 9.87. The van der Waals surface area contributed by atoms with Gasteiger partial charge in [0, 0.05) is 11.1 Å². The van der Waals surface area contributed by atoms with Crippen molar-refractivity contribution in [3.05, 3.63) is 95.6 Å². The van der Waals surface area contributed by atoms with Crippen molar-refractivity contribution < 1.29 is 14.3 Å². The van der Waals surface area contributed by atoms with Gasteiger partial charge in [-0.2, -0.15) is 5.10 Å². The molecule has 3 aromatic rings. The van der Waals surface area contributed by atoms with E-state index < -0.39 is 5.66 Å². The Balaban J connectivity index is 1.42. The molecule has 2 amide bonds. The second-order valence-corrected chi connectivity index (χ2v) is 11.9. The van der Waals surface area contributed by atoms with E-state index in [2.05, 4.69) is 36.7 Å². The number of nitrogens with one attached hydrogen (secondary N) is 2. The van der Waals surface area contributed by atoms with E-state index in [1.54, 1.807) is 12.1 Å². The Morgan fingerprint density at radius 2 is 1.66 bits per heavy atom. The zero-order valence-electron chi connectivity index (χ0n) is 25.5. The van der Waals surface area contributed by atoms with E-state index in [0.717, 1.165) is 36.1 Å². The molecule has 10 heteroatoms. The Morgan fingerprint density at radius 1 is 1.02 bits per heavy atom. The Hall–Kier alpha value is -4.70. The van der Waals surface area contributed by atoms with E-state index >= 15 is 0 Å². The molecule has 1 heterocycles. The minimum absolute atomic E-state index is 0.0585. The minimum Gasteiger partial charge on any atom is -0.457 e. The second kappa shape index (κ2) is 13.3. The molecule has 0 radical (unpaired) electrons. The molecular weight excluding hydrogens is 554 g/mol. The lowest BCUT2D eigenvalue weighted by molar-refractivity contribution is -0.134. The number of nitrogens with zero attached hydrogens (tertiary/aromatic N) is 3. The Kier molecular flexibility index (Phi) is 9.29. The molecule has 44 heavy (non-hydrogen) atoms. The monoisotopic (exact) mass is 595 g/mol. The first-order valence-corrected chi connectivity index (χ1v) is 15.2. The van der Waals surface area contributed by atoms with E-state index in [1.165, 1.54) is 0 Å². The number of carbonyl (C=O) groups is 2. The van der Waals surface area contributed by atoms with Gasteiger partial charge in [0.2, 0.25) is 0 Å². The fourth-order valence-corrected chi connectivity index (χ4v) is 6.70. The van der Waals surface area contributed by atoms with Crippen molar-refractivity contribution in [2.24, 2.45) is 33.5 Å².